The van der Waals surface area contributed by atoms with Gasteiger partial charge in [0.1, 0.15) is 14.1 Å². The Balaban J connectivity index is 2.23. The maximum atomic E-state index is 3.91. The summed E-state index contributed by atoms with van der Waals surface area (Å²) in [6.45, 7) is 1.56. The largest absolute Gasteiger partial charge is 0.131 e. The highest BCUT2D eigenvalue weighted by Crippen LogP contribution is 2.42. The van der Waals surface area contributed by atoms with E-state index in [4.69, 9.17) is 0 Å². The fraction of sp³-hybridized carbons (Fsp3) is 1.00. The molecule has 1 heterocycles. The number of hydrogen-bond acceptors (Lipinski definition) is 0. The normalized spacial score (nSPS) is 42.3. The molecule has 1 saturated heterocycles. The molecule has 0 spiro atoms. The van der Waals surface area contributed by atoms with E-state index in [0.29, 0.717) is 0 Å². The fourth-order valence-corrected chi connectivity index (χ4v) is 37.0. The minimum absolute atomic E-state index is 0.298. The van der Waals surface area contributed by atoms with Crippen LogP contribution in [0.1, 0.15) is 13.3 Å². The second-order valence-electron chi connectivity index (χ2n) is 2.91. The van der Waals surface area contributed by atoms with Gasteiger partial charge < -0.3 is 0 Å². The minimum Gasteiger partial charge on any atom is -0.131 e. The van der Waals surface area contributed by atoms with E-state index in [1.807, 2.05) is 0 Å². The molecule has 0 unspecified atom stereocenters. The van der Waals surface area contributed by atoms with E-state index in [2.05, 4.69) is 37.5 Å². The molecule has 0 amide bonds. The van der Waals surface area contributed by atoms with Crippen LogP contribution in [0.15, 0.2) is 0 Å². The zero-order valence-electron chi connectivity index (χ0n) is 5.66. The first-order chi connectivity index (χ1) is 4.16. The molecule has 0 saturated carbocycles. The van der Waals surface area contributed by atoms with Crippen LogP contribution in [0.25, 0.3) is 0 Å². The van der Waals surface area contributed by atoms with Crippen LogP contribution in [0.4, 0.5) is 0 Å². The molecule has 0 aromatic carbocycles. The van der Waals surface area contributed by atoms with Crippen LogP contribution in [0.5, 0.6) is 0 Å². The van der Waals surface area contributed by atoms with E-state index in [1.54, 1.807) is 11.3 Å². The van der Waals surface area contributed by atoms with Crippen molar-refractivity contribution in [3.8, 4) is 0 Å². The van der Waals surface area contributed by atoms with Crippen LogP contribution in [0, 0.1) is 0 Å². The molecule has 4 heteroatoms. The van der Waals surface area contributed by atoms with Crippen LogP contribution in [0.3, 0.4) is 0 Å². The van der Waals surface area contributed by atoms with Crippen molar-refractivity contribution in [2.45, 2.75) is 30.7 Å². The highest BCUT2D eigenvalue weighted by molar-refractivity contribution is 9.28. The van der Waals surface area contributed by atoms with E-state index < -0.39 is 6.69 Å². The molecule has 0 radical (unpaired) electrons. The Labute approximate surface area is 75.2 Å². The van der Waals surface area contributed by atoms with E-state index in [-0.39, 0.29) is 7.42 Å². The Kier molecular flexibility index (Phi) is 3.01. The van der Waals surface area contributed by atoms with Crippen LogP contribution >= 0.6 is 30.6 Å². The van der Waals surface area contributed by atoms with Gasteiger partial charge in [-0.3, -0.25) is 0 Å². The van der Waals surface area contributed by atoms with Gasteiger partial charge in [0.05, 0.1) is 0 Å². The Hall–Kier alpha value is 1.39. The maximum absolute atomic E-state index is 3.91. The van der Waals surface area contributed by atoms with Crippen molar-refractivity contribution in [3.05, 3.63) is 0 Å². The second-order valence-corrected chi connectivity index (χ2v) is 19.1. The predicted molar refractivity (Wildman–Crippen MR) is 55.5 cm³/mol. The summed E-state index contributed by atoms with van der Waals surface area (Å²) in [6.07, 6.45) is 1.38. The van der Waals surface area contributed by atoms with Crippen molar-refractivity contribution in [1.82, 2.24) is 0 Å². The lowest BCUT2D eigenvalue weighted by atomic mass is 10.6. The zero-order valence-corrected chi connectivity index (χ0v) is 11.0. The van der Waals surface area contributed by atoms with E-state index >= 15 is 0 Å². The van der Waals surface area contributed by atoms with Crippen molar-refractivity contribution in [2.24, 2.45) is 0 Å². The average molecular weight is 288 g/mol. The summed E-state index contributed by atoms with van der Waals surface area (Å²) < 4.78 is 0. The summed E-state index contributed by atoms with van der Waals surface area (Å²) in [6, 6.07) is 1.50. The molecule has 54 valence electrons. The molecular formula is C5H12Br2Si2. The first-order valence-electron chi connectivity index (χ1n) is 3.49. The SMILES string of the molecule is CCC[Si]1(Br)C[SiH](Br)C1. The third-order valence-corrected chi connectivity index (χ3v) is 25.5. The monoisotopic (exact) mass is 286 g/mol. The second kappa shape index (κ2) is 3.19. The van der Waals surface area contributed by atoms with Gasteiger partial charge in [-0.25, -0.2) is 0 Å². The lowest BCUT2D eigenvalue weighted by Crippen LogP contribution is -2.45. The maximum Gasteiger partial charge on any atom is 0.126 e. The molecule has 0 aromatic heterocycles. The van der Waals surface area contributed by atoms with Gasteiger partial charge >= 0.3 is 0 Å². The van der Waals surface area contributed by atoms with Gasteiger partial charge in [0.15, 0.2) is 0 Å². The van der Waals surface area contributed by atoms with Gasteiger partial charge in [0.2, 0.25) is 0 Å². The summed E-state index contributed by atoms with van der Waals surface area (Å²) in [5, 5.41) is 0. The molecule has 0 aliphatic carbocycles. The first kappa shape index (κ1) is 8.49. The van der Waals surface area contributed by atoms with Crippen molar-refractivity contribution < 1.29 is 0 Å². The average Bonchev–Trinajstić information content (AvgIpc) is 1.62. The topological polar surface area (TPSA) is 0 Å². The first-order valence-corrected chi connectivity index (χ1v) is 13.2. The third-order valence-electron chi connectivity index (χ3n) is 1.87. The van der Waals surface area contributed by atoms with Gasteiger partial charge in [0, 0.05) is 0 Å². The Bertz CT molecular complexity index is 95.6. The Morgan fingerprint density at radius 1 is 1.56 bits per heavy atom. The molecule has 1 aliphatic heterocycles. The molecule has 0 atom stereocenters. The molecular weight excluding hydrogens is 276 g/mol. The van der Waals surface area contributed by atoms with Gasteiger partial charge in [-0.2, -0.15) is 0 Å². The highest BCUT2D eigenvalue weighted by atomic mass is 79.9. The summed E-state index contributed by atoms with van der Waals surface area (Å²) in [4.78, 5) is 0. The van der Waals surface area contributed by atoms with Gasteiger partial charge in [-0.05, 0) is 17.4 Å². The van der Waals surface area contributed by atoms with Crippen LogP contribution in [-0.4, -0.2) is 14.1 Å². The van der Waals surface area contributed by atoms with Crippen molar-refractivity contribution in [2.75, 3.05) is 0 Å². The summed E-state index contributed by atoms with van der Waals surface area (Å²) in [7, 11) is -0.298. The standard InChI is InChI=1S/C5H12Br2Si2/c1-2-3-9(7)4-8(6)5-9/h8H,2-5H2,1H3. The summed E-state index contributed by atoms with van der Waals surface area (Å²) in [5.74, 6) is 0. The Morgan fingerprint density at radius 3 is 2.44 bits per heavy atom. The number of hydrogen-bond donors (Lipinski definition) is 0. The molecule has 1 rings (SSSR count). The quantitative estimate of drug-likeness (QED) is 0.541. The summed E-state index contributed by atoms with van der Waals surface area (Å²) >= 11 is 7.66. The smallest absolute Gasteiger partial charge is 0.126 e. The lowest BCUT2D eigenvalue weighted by Gasteiger charge is -2.37. The molecule has 0 N–H and O–H groups in total. The molecule has 0 nitrogen and oxygen atoms in total. The minimum atomic E-state index is -0.732. The molecule has 1 fully saturated rings. The highest BCUT2D eigenvalue weighted by Gasteiger charge is 2.43. The summed E-state index contributed by atoms with van der Waals surface area (Å²) in [5.41, 5.74) is 3.17. The van der Waals surface area contributed by atoms with Crippen LogP contribution < -0.4 is 0 Å². The lowest BCUT2D eigenvalue weighted by molar-refractivity contribution is 1.05. The van der Waals surface area contributed by atoms with Gasteiger partial charge in [0.25, 0.3) is 0 Å². The molecule has 0 aromatic rings. The van der Waals surface area contributed by atoms with Crippen molar-refractivity contribution in [1.29, 1.82) is 0 Å². The van der Waals surface area contributed by atoms with Crippen molar-refractivity contribution >= 4 is 44.7 Å². The van der Waals surface area contributed by atoms with E-state index in [9.17, 15) is 0 Å². The fourth-order valence-electron chi connectivity index (χ4n) is 1.39. The Morgan fingerprint density at radius 2 is 2.11 bits per heavy atom. The van der Waals surface area contributed by atoms with E-state index in [0.717, 1.165) is 0 Å². The molecule has 9 heavy (non-hydrogen) atoms. The van der Waals surface area contributed by atoms with E-state index in [1.165, 1.54) is 12.5 Å². The van der Waals surface area contributed by atoms with Gasteiger partial charge in [-0.1, -0.05) is 13.3 Å². The third kappa shape index (κ3) is 2.17. The predicted octanol–water partition coefficient (Wildman–Crippen LogP) is 2.95. The van der Waals surface area contributed by atoms with Crippen LogP contribution in [0.2, 0.25) is 17.4 Å². The number of halogens is 2. The number of rotatable bonds is 2. The van der Waals surface area contributed by atoms with Gasteiger partial charge in [-0.15, -0.1) is 30.6 Å². The van der Waals surface area contributed by atoms with Crippen molar-refractivity contribution in [3.63, 3.8) is 0 Å². The van der Waals surface area contributed by atoms with Crippen LogP contribution in [-0.2, 0) is 0 Å². The molecule has 1 aliphatic rings. The zero-order chi connectivity index (χ0) is 6.91. The molecule has 0 bridgehead atoms.